The maximum Gasteiger partial charge on any atom is 0.341 e. The fraction of sp³-hybridized carbons (Fsp3) is 0.364. The van der Waals surface area contributed by atoms with Crippen molar-refractivity contribution in [2.45, 2.75) is 25.1 Å². The molecular weight excluding hydrogens is 199 g/mol. The number of rotatable bonds is 4. The van der Waals surface area contributed by atoms with Crippen LogP contribution in [-0.2, 0) is 4.79 Å². The van der Waals surface area contributed by atoms with Crippen molar-refractivity contribution in [3.63, 3.8) is 0 Å². The molecule has 0 saturated carbocycles. The van der Waals surface area contributed by atoms with Gasteiger partial charge < -0.3 is 10.2 Å². The van der Waals surface area contributed by atoms with Gasteiger partial charge in [0.2, 0.25) is 6.17 Å². The Kier molecular flexibility index (Phi) is 3.80. The Morgan fingerprint density at radius 2 is 1.87 bits per heavy atom. The number of benzene rings is 1. The standard InChI is InChI=1S/C11H13FO3/c1-7(8-5-3-2-4-6-8)10(13)9(12)11(14)15/h2-7,9-10,13H,1H3,(H,14,15). The Hall–Kier alpha value is -1.42. The monoisotopic (exact) mass is 212 g/mol. The topological polar surface area (TPSA) is 57.5 Å². The minimum atomic E-state index is -2.25. The smallest absolute Gasteiger partial charge is 0.341 e. The minimum absolute atomic E-state index is 0.544. The van der Waals surface area contributed by atoms with Crippen molar-refractivity contribution in [3.05, 3.63) is 35.9 Å². The number of carbonyl (C=O) groups is 1. The van der Waals surface area contributed by atoms with Crippen LogP contribution >= 0.6 is 0 Å². The summed E-state index contributed by atoms with van der Waals surface area (Å²) in [6.07, 6.45) is -3.77. The van der Waals surface area contributed by atoms with Gasteiger partial charge in [0.05, 0.1) is 0 Å². The first-order chi connectivity index (χ1) is 7.04. The van der Waals surface area contributed by atoms with Crippen molar-refractivity contribution in [2.24, 2.45) is 0 Å². The molecule has 0 bridgehead atoms. The molecule has 0 aliphatic rings. The number of halogens is 1. The van der Waals surface area contributed by atoms with Crippen LogP contribution in [0.2, 0.25) is 0 Å². The second-order valence-electron chi connectivity index (χ2n) is 3.43. The summed E-state index contributed by atoms with van der Waals surface area (Å²) in [5, 5.41) is 17.9. The van der Waals surface area contributed by atoms with E-state index in [1.807, 2.05) is 0 Å². The van der Waals surface area contributed by atoms with Gasteiger partial charge in [-0.25, -0.2) is 9.18 Å². The van der Waals surface area contributed by atoms with Gasteiger partial charge in [-0.3, -0.25) is 0 Å². The molecule has 0 aromatic heterocycles. The van der Waals surface area contributed by atoms with Gasteiger partial charge in [-0.2, -0.15) is 0 Å². The summed E-state index contributed by atoms with van der Waals surface area (Å²) >= 11 is 0. The van der Waals surface area contributed by atoms with Gasteiger partial charge in [0.1, 0.15) is 6.10 Å². The number of alkyl halides is 1. The summed E-state index contributed by atoms with van der Waals surface area (Å²) < 4.78 is 13.0. The van der Waals surface area contributed by atoms with Crippen LogP contribution in [0.3, 0.4) is 0 Å². The van der Waals surface area contributed by atoms with E-state index in [0.717, 1.165) is 0 Å². The van der Waals surface area contributed by atoms with Gasteiger partial charge in [0.25, 0.3) is 0 Å². The highest BCUT2D eigenvalue weighted by atomic mass is 19.1. The van der Waals surface area contributed by atoms with Gasteiger partial charge in [0.15, 0.2) is 0 Å². The zero-order valence-electron chi connectivity index (χ0n) is 8.30. The van der Waals surface area contributed by atoms with E-state index in [1.54, 1.807) is 37.3 Å². The molecule has 15 heavy (non-hydrogen) atoms. The van der Waals surface area contributed by atoms with Gasteiger partial charge in [-0.1, -0.05) is 37.3 Å². The SMILES string of the molecule is CC(c1ccccc1)C(O)C(F)C(=O)O. The molecule has 3 unspecified atom stereocenters. The third kappa shape index (κ3) is 2.76. The summed E-state index contributed by atoms with van der Waals surface area (Å²) in [7, 11) is 0. The second kappa shape index (κ2) is 4.89. The molecule has 0 amide bonds. The number of aliphatic hydroxyl groups excluding tert-OH is 1. The van der Waals surface area contributed by atoms with E-state index in [2.05, 4.69) is 0 Å². The Labute approximate surface area is 87.2 Å². The molecule has 0 spiro atoms. The number of carboxylic acids is 1. The van der Waals surface area contributed by atoms with Gasteiger partial charge in [0, 0.05) is 5.92 Å². The lowest BCUT2D eigenvalue weighted by Crippen LogP contribution is -2.33. The van der Waals surface area contributed by atoms with Crippen LogP contribution in [0.25, 0.3) is 0 Å². The zero-order valence-corrected chi connectivity index (χ0v) is 8.30. The van der Waals surface area contributed by atoms with E-state index in [9.17, 15) is 14.3 Å². The molecule has 3 nitrogen and oxygen atoms in total. The maximum absolute atomic E-state index is 13.0. The van der Waals surface area contributed by atoms with Gasteiger partial charge >= 0.3 is 5.97 Å². The summed E-state index contributed by atoms with van der Waals surface area (Å²) in [5.74, 6) is -2.18. The normalized spacial score (nSPS) is 16.7. The van der Waals surface area contributed by atoms with Crippen molar-refractivity contribution in [1.29, 1.82) is 0 Å². The minimum Gasteiger partial charge on any atom is -0.479 e. The van der Waals surface area contributed by atoms with Crippen molar-refractivity contribution in [1.82, 2.24) is 0 Å². The van der Waals surface area contributed by atoms with E-state index in [4.69, 9.17) is 5.11 Å². The van der Waals surface area contributed by atoms with Gasteiger partial charge in [-0.05, 0) is 5.56 Å². The average Bonchev–Trinajstić information content (AvgIpc) is 2.27. The average molecular weight is 212 g/mol. The molecule has 1 aromatic carbocycles. The Morgan fingerprint density at radius 1 is 1.33 bits per heavy atom. The third-order valence-electron chi connectivity index (χ3n) is 2.37. The number of aliphatic carboxylic acids is 1. The van der Waals surface area contributed by atoms with E-state index in [1.165, 1.54) is 0 Å². The lowest BCUT2D eigenvalue weighted by Gasteiger charge is -2.20. The van der Waals surface area contributed by atoms with Crippen molar-refractivity contribution in [3.8, 4) is 0 Å². The molecule has 0 heterocycles. The van der Waals surface area contributed by atoms with Crippen LogP contribution in [0.15, 0.2) is 30.3 Å². The quantitative estimate of drug-likeness (QED) is 0.796. The first kappa shape index (κ1) is 11.7. The van der Waals surface area contributed by atoms with Crippen molar-refractivity contribution < 1.29 is 19.4 Å². The first-order valence-corrected chi connectivity index (χ1v) is 4.64. The molecule has 1 aromatic rings. The van der Waals surface area contributed by atoms with Crippen LogP contribution in [0.5, 0.6) is 0 Å². The molecule has 2 N–H and O–H groups in total. The number of aliphatic hydroxyl groups is 1. The summed E-state index contributed by atoms with van der Waals surface area (Å²) in [6, 6.07) is 8.76. The third-order valence-corrected chi connectivity index (χ3v) is 2.37. The fourth-order valence-electron chi connectivity index (χ4n) is 1.35. The van der Waals surface area contributed by atoms with Crippen LogP contribution in [-0.4, -0.2) is 28.5 Å². The predicted molar refractivity (Wildman–Crippen MR) is 53.4 cm³/mol. The van der Waals surface area contributed by atoms with Crippen LogP contribution < -0.4 is 0 Å². The van der Waals surface area contributed by atoms with E-state index >= 15 is 0 Å². The molecular formula is C11H13FO3. The Balaban J connectivity index is 2.77. The molecule has 0 fully saturated rings. The second-order valence-corrected chi connectivity index (χ2v) is 3.43. The van der Waals surface area contributed by atoms with Crippen molar-refractivity contribution >= 4 is 5.97 Å². The van der Waals surface area contributed by atoms with Gasteiger partial charge in [-0.15, -0.1) is 0 Å². The number of carboxylic acid groups (broad SMARTS) is 1. The summed E-state index contributed by atoms with van der Waals surface area (Å²) in [5.41, 5.74) is 0.717. The summed E-state index contributed by atoms with van der Waals surface area (Å²) in [6.45, 7) is 1.59. The maximum atomic E-state index is 13.0. The predicted octanol–water partition coefficient (Wildman–Crippen LogP) is 1.57. The Morgan fingerprint density at radius 3 is 2.33 bits per heavy atom. The van der Waals surface area contributed by atoms with E-state index < -0.39 is 24.2 Å². The highest BCUT2D eigenvalue weighted by molar-refractivity contribution is 5.73. The lowest BCUT2D eigenvalue weighted by molar-refractivity contribution is -0.147. The zero-order chi connectivity index (χ0) is 11.4. The van der Waals surface area contributed by atoms with E-state index in [-0.39, 0.29) is 0 Å². The highest BCUT2D eigenvalue weighted by Crippen LogP contribution is 2.22. The van der Waals surface area contributed by atoms with Crippen LogP contribution in [0, 0.1) is 0 Å². The Bertz CT molecular complexity index is 326. The highest BCUT2D eigenvalue weighted by Gasteiger charge is 2.31. The molecule has 0 aliphatic heterocycles. The first-order valence-electron chi connectivity index (χ1n) is 4.64. The molecule has 0 radical (unpaired) electrons. The van der Waals surface area contributed by atoms with E-state index in [0.29, 0.717) is 5.56 Å². The summed E-state index contributed by atoms with van der Waals surface area (Å²) in [4.78, 5) is 10.3. The molecule has 3 atom stereocenters. The lowest BCUT2D eigenvalue weighted by atomic mass is 9.93. The molecule has 0 aliphatic carbocycles. The van der Waals surface area contributed by atoms with Crippen LogP contribution in [0.4, 0.5) is 4.39 Å². The van der Waals surface area contributed by atoms with Crippen LogP contribution in [0.1, 0.15) is 18.4 Å². The largest absolute Gasteiger partial charge is 0.479 e. The van der Waals surface area contributed by atoms with Crippen molar-refractivity contribution in [2.75, 3.05) is 0 Å². The molecule has 1 rings (SSSR count). The number of hydrogen-bond donors (Lipinski definition) is 2. The fourth-order valence-corrected chi connectivity index (χ4v) is 1.35. The molecule has 82 valence electrons. The molecule has 4 heteroatoms. The molecule has 0 saturated heterocycles. The number of hydrogen-bond acceptors (Lipinski definition) is 2.